The molecule has 8 nitrogen and oxygen atoms in total. The number of aromatic nitrogens is 2. The van der Waals surface area contributed by atoms with Crippen molar-refractivity contribution in [2.45, 2.75) is 33.2 Å². The number of fused-ring (bicyclic) bond motifs is 1. The van der Waals surface area contributed by atoms with Gasteiger partial charge in [0.1, 0.15) is 17.1 Å². The second-order valence-electron chi connectivity index (χ2n) is 8.59. The number of aliphatic hydroxyl groups excluding tert-OH is 1. The Balaban J connectivity index is 1.85. The van der Waals surface area contributed by atoms with Crippen LogP contribution in [0.4, 0.5) is 0 Å². The highest BCUT2D eigenvalue weighted by atomic mass is 16.5. The van der Waals surface area contributed by atoms with Crippen molar-refractivity contribution in [1.29, 1.82) is 0 Å². The molecule has 0 aliphatic carbocycles. The first-order chi connectivity index (χ1) is 16.9. The van der Waals surface area contributed by atoms with Crippen molar-refractivity contribution in [2.75, 3.05) is 33.3 Å². The molecule has 1 unspecified atom stereocenters. The molecule has 3 aromatic rings. The molecule has 0 saturated carbocycles. The van der Waals surface area contributed by atoms with Gasteiger partial charge in [-0.1, -0.05) is 38.1 Å². The number of imidazole rings is 1. The van der Waals surface area contributed by atoms with Gasteiger partial charge >= 0.3 is 0 Å². The van der Waals surface area contributed by atoms with Crippen molar-refractivity contribution < 1.29 is 19.4 Å². The van der Waals surface area contributed by atoms with Gasteiger partial charge in [0.25, 0.3) is 11.7 Å². The normalized spacial score (nSPS) is 17.6. The number of rotatable bonds is 9. The van der Waals surface area contributed by atoms with Crippen LogP contribution >= 0.6 is 0 Å². The maximum atomic E-state index is 13.4. The molecule has 1 aromatic carbocycles. The molecule has 0 radical (unpaired) electrons. The van der Waals surface area contributed by atoms with E-state index in [0.717, 1.165) is 19.6 Å². The topological polar surface area (TPSA) is 87.4 Å². The predicted octanol–water partition coefficient (Wildman–Crippen LogP) is 3.80. The van der Waals surface area contributed by atoms with E-state index in [1.54, 1.807) is 35.6 Å². The molecule has 8 heteroatoms. The number of aryl methyl sites for hydroxylation is 1. The second-order valence-corrected chi connectivity index (χ2v) is 8.59. The molecule has 184 valence electrons. The van der Waals surface area contributed by atoms with Gasteiger partial charge in [-0.3, -0.25) is 14.0 Å². The molecule has 0 bridgehead atoms. The number of hydrogen-bond donors (Lipinski definition) is 1. The maximum absolute atomic E-state index is 13.4. The fraction of sp³-hybridized carbons (Fsp3) is 0.370. The number of ether oxygens (including phenoxy) is 1. The van der Waals surface area contributed by atoms with E-state index in [9.17, 15) is 14.7 Å². The number of hydrogen-bond acceptors (Lipinski definition) is 6. The standard InChI is InChI=1S/C27H32N4O4/c1-5-29(6-2)15-11-17-31-24(19-12-7-8-13-20(19)35-4)22(26(33)27(31)34)25(32)23-18(3)28-21-14-9-10-16-30(21)23/h7-10,12-14,16,24,32H,5-6,11,15,17H2,1-4H3/b25-22+. The van der Waals surface area contributed by atoms with Crippen molar-refractivity contribution in [3.8, 4) is 5.75 Å². The lowest BCUT2D eigenvalue weighted by atomic mass is 9.95. The van der Waals surface area contributed by atoms with E-state index in [1.165, 1.54) is 0 Å². The molecule has 2 aromatic heterocycles. The van der Waals surface area contributed by atoms with Crippen LogP contribution < -0.4 is 4.74 Å². The van der Waals surface area contributed by atoms with E-state index in [0.29, 0.717) is 41.3 Å². The number of nitrogens with zero attached hydrogens (tertiary/aromatic N) is 4. The molecule has 1 aliphatic rings. The van der Waals surface area contributed by atoms with E-state index in [4.69, 9.17) is 4.74 Å². The Labute approximate surface area is 205 Å². The Morgan fingerprint density at radius 2 is 1.83 bits per heavy atom. The number of carbonyl (C=O) groups is 2. The minimum atomic E-state index is -0.767. The van der Waals surface area contributed by atoms with Gasteiger partial charge in [0, 0.05) is 18.3 Å². The summed E-state index contributed by atoms with van der Waals surface area (Å²) in [7, 11) is 1.56. The predicted molar refractivity (Wildman–Crippen MR) is 134 cm³/mol. The van der Waals surface area contributed by atoms with Crippen molar-refractivity contribution in [3.63, 3.8) is 0 Å². The van der Waals surface area contributed by atoms with Gasteiger partial charge in [-0.05, 0) is 51.2 Å². The number of ketones is 1. The summed E-state index contributed by atoms with van der Waals surface area (Å²) >= 11 is 0. The Morgan fingerprint density at radius 3 is 2.54 bits per heavy atom. The molecule has 3 heterocycles. The summed E-state index contributed by atoms with van der Waals surface area (Å²) in [4.78, 5) is 35.0. The average molecular weight is 477 g/mol. The molecule has 1 aliphatic heterocycles. The fourth-order valence-corrected chi connectivity index (χ4v) is 4.86. The minimum absolute atomic E-state index is 0.0519. The fourth-order valence-electron chi connectivity index (χ4n) is 4.86. The number of amides is 1. The van der Waals surface area contributed by atoms with Crippen LogP contribution in [0.15, 0.2) is 54.2 Å². The maximum Gasteiger partial charge on any atom is 0.295 e. The summed E-state index contributed by atoms with van der Waals surface area (Å²) < 4.78 is 7.32. The quantitative estimate of drug-likeness (QED) is 0.287. The number of likely N-dealkylation sites (tertiary alicyclic amines) is 1. The lowest BCUT2D eigenvalue weighted by molar-refractivity contribution is -0.140. The third kappa shape index (κ3) is 4.41. The molecule has 1 atom stereocenters. The Morgan fingerprint density at radius 1 is 1.11 bits per heavy atom. The molecule has 35 heavy (non-hydrogen) atoms. The summed E-state index contributed by atoms with van der Waals surface area (Å²) in [5.41, 5.74) is 2.33. The average Bonchev–Trinajstić information content (AvgIpc) is 3.34. The molecule has 0 spiro atoms. The van der Waals surface area contributed by atoms with Gasteiger partial charge in [0.15, 0.2) is 5.76 Å². The molecular formula is C27H32N4O4. The largest absolute Gasteiger partial charge is 0.505 e. The first-order valence-electron chi connectivity index (χ1n) is 12.0. The van der Waals surface area contributed by atoms with E-state index >= 15 is 0 Å². The van der Waals surface area contributed by atoms with Gasteiger partial charge in [-0.25, -0.2) is 4.98 Å². The summed E-state index contributed by atoms with van der Waals surface area (Å²) in [5, 5.41) is 11.5. The monoisotopic (exact) mass is 476 g/mol. The number of Topliss-reactive ketones (excluding diaryl/α,β-unsaturated/α-hetero) is 1. The van der Waals surface area contributed by atoms with Crippen LogP contribution in [-0.2, 0) is 9.59 Å². The first-order valence-corrected chi connectivity index (χ1v) is 12.0. The van der Waals surface area contributed by atoms with Crippen molar-refractivity contribution >= 4 is 23.1 Å². The van der Waals surface area contributed by atoms with Crippen molar-refractivity contribution in [1.82, 2.24) is 19.2 Å². The SMILES string of the molecule is CCN(CC)CCCN1C(=O)C(=O)/C(=C(/O)c2c(C)nc3ccccn23)C1c1ccccc1OC. The summed E-state index contributed by atoms with van der Waals surface area (Å²) in [6.07, 6.45) is 2.48. The Hall–Kier alpha value is -3.65. The van der Waals surface area contributed by atoms with Crippen LogP contribution in [0.1, 0.15) is 43.3 Å². The molecule has 1 amide bonds. The molecule has 4 rings (SSSR count). The van der Waals surface area contributed by atoms with Crippen molar-refractivity contribution in [3.05, 3.63) is 71.2 Å². The summed E-state index contributed by atoms with van der Waals surface area (Å²) in [5.74, 6) is -1.00. The summed E-state index contributed by atoms with van der Waals surface area (Å²) in [6.45, 7) is 9.00. The van der Waals surface area contributed by atoms with Crippen LogP contribution in [0, 0.1) is 6.92 Å². The van der Waals surface area contributed by atoms with Crippen LogP contribution in [-0.4, -0.2) is 69.3 Å². The molecule has 1 saturated heterocycles. The lowest BCUT2D eigenvalue weighted by Crippen LogP contribution is -2.33. The highest BCUT2D eigenvalue weighted by molar-refractivity contribution is 6.46. The van der Waals surface area contributed by atoms with Gasteiger partial charge < -0.3 is 19.6 Å². The third-order valence-corrected chi connectivity index (χ3v) is 6.67. The van der Waals surface area contributed by atoms with E-state index < -0.39 is 17.7 Å². The zero-order valence-electron chi connectivity index (χ0n) is 20.7. The second kappa shape index (κ2) is 10.3. The minimum Gasteiger partial charge on any atom is -0.505 e. The van der Waals surface area contributed by atoms with Crippen LogP contribution in [0.3, 0.4) is 0 Å². The van der Waals surface area contributed by atoms with Gasteiger partial charge in [0.2, 0.25) is 0 Å². The smallest absolute Gasteiger partial charge is 0.295 e. The number of benzene rings is 1. The number of carbonyl (C=O) groups excluding carboxylic acids is 2. The summed E-state index contributed by atoms with van der Waals surface area (Å²) in [6, 6.07) is 12.1. The number of pyridine rings is 1. The number of aliphatic hydroxyl groups is 1. The molecule has 1 fully saturated rings. The van der Waals surface area contributed by atoms with E-state index in [2.05, 4.69) is 23.7 Å². The van der Waals surface area contributed by atoms with Crippen LogP contribution in [0.5, 0.6) is 5.75 Å². The molecular weight excluding hydrogens is 444 g/mol. The van der Waals surface area contributed by atoms with E-state index in [1.807, 2.05) is 36.4 Å². The van der Waals surface area contributed by atoms with E-state index in [-0.39, 0.29) is 11.3 Å². The van der Waals surface area contributed by atoms with Crippen LogP contribution in [0.2, 0.25) is 0 Å². The van der Waals surface area contributed by atoms with Gasteiger partial charge in [-0.15, -0.1) is 0 Å². The van der Waals surface area contributed by atoms with Crippen molar-refractivity contribution in [2.24, 2.45) is 0 Å². The Bertz CT molecular complexity index is 1280. The van der Waals surface area contributed by atoms with Gasteiger partial charge in [0.05, 0.1) is 24.4 Å². The van der Waals surface area contributed by atoms with Gasteiger partial charge in [-0.2, -0.15) is 0 Å². The highest BCUT2D eigenvalue weighted by Crippen LogP contribution is 2.43. The number of para-hydroxylation sites is 1. The zero-order chi connectivity index (χ0) is 25.1. The highest BCUT2D eigenvalue weighted by Gasteiger charge is 2.47. The lowest BCUT2D eigenvalue weighted by Gasteiger charge is -2.27. The van der Waals surface area contributed by atoms with Crippen LogP contribution in [0.25, 0.3) is 11.4 Å². The Kier molecular flexibility index (Phi) is 7.21. The molecule has 1 N–H and O–H groups in total. The zero-order valence-corrected chi connectivity index (χ0v) is 20.7. The number of methoxy groups -OCH3 is 1. The third-order valence-electron chi connectivity index (χ3n) is 6.67. The first kappa shape index (κ1) is 24.5.